The first-order valence-electron chi connectivity index (χ1n) is 4.38. The molecule has 0 radical (unpaired) electrons. The highest BCUT2D eigenvalue weighted by atomic mass is 16.3. The summed E-state index contributed by atoms with van der Waals surface area (Å²) in [6.07, 6.45) is 0.492. The quantitative estimate of drug-likeness (QED) is 0.380. The Bertz CT molecular complexity index is 88.3. The summed E-state index contributed by atoms with van der Waals surface area (Å²) in [7, 11) is 0. The second kappa shape index (κ2) is 7.49. The lowest BCUT2D eigenvalue weighted by Gasteiger charge is -2.10. The van der Waals surface area contributed by atoms with Gasteiger partial charge in [-0.2, -0.15) is 0 Å². The van der Waals surface area contributed by atoms with Crippen LogP contribution in [0.1, 0.15) is 19.8 Å². The fourth-order valence-electron chi connectivity index (χ4n) is 0.806. The van der Waals surface area contributed by atoms with Gasteiger partial charge in [-0.25, -0.2) is 0 Å². The Hall–Kier alpha value is -0.160. The third kappa shape index (κ3) is 6.54. The summed E-state index contributed by atoms with van der Waals surface area (Å²) < 4.78 is 0. The molecule has 12 heavy (non-hydrogen) atoms. The molecule has 0 amide bonds. The molecule has 0 bridgehead atoms. The zero-order chi connectivity index (χ0) is 9.40. The predicted octanol–water partition coefficient (Wildman–Crippen LogP) is -0.910. The molecule has 4 heteroatoms. The number of rotatable bonds is 7. The van der Waals surface area contributed by atoms with Gasteiger partial charge in [0.15, 0.2) is 0 Å². The lowest BCUT2D eigenvalue weighted by atomic mass is 10.2. The summed E-state index contributed by atoms with van der Waals surface area (Å²) in [4.78, 5) is 0. The number of aliphatic hydroxyl groups is 3. The normalized spacial score (nSPS) is 16.0. The smallest absolute Gasteiger partial charge is 0.0894 e. The van der Waals surface area contributed by atoms with Gasteiger partial charge in [0.2, 0.25) is 0 Å². The van der Waals surface area contributed by atoms with Crippen LogP contribution in [0.3, 0.4) is 0 Å². The predicted molar refractivity (Wildman–Crippen MR) is 46.9 cm³/mol. The molecule has 74 valence electrons. The second-order valence-electron chi connectivity index (χ2n) is 2.89. The maximum atomic E-state index is 9.13. The number of hydrogen-bond acceptors (Lipinski definition) is 4. The molecule has 0 rings (SSSR count). The Labute approximate surface area is 73.2 Å². The first-order chi connectivity index (χ1) is 5.70. The van der Waals surface area contributed by atoms with Crippen LogP contribution in [0.2, 0.25) is 0 Å². The van der Waals surface area contributed by atoms with Crippen molar-refractivity contribution in [2.24, 2.45) is 0 Å². The molecule has 0 fully saturated rings. The number of aliphatic hydroxyl groups excluding tert-OH is 3. The highest BCUT2D eigenvalue weighted by Crippen LogP contribution is 1.93. The molecule has 0 spiro atoms. The molecule has 0 heterocycles. The number of hydrogen-bond donors (Lipinski definition) is 4. The summed E-state index contributed by atoms with van der Waals surface area (Å²) in [5, 5.41) is 29.4. The van der Waals surface area contributed by atoms with Crippen LogP contribution in [0.25, 0.3) is 0 Å². The van der Waals surface area contributed by atoms with E-state index in [2.05, 4.69) is 5.32 Å². The van der Waals surface area contributed by atoms with Crippen molar-refractivity contribution in [3.63, 3.8) is 0 Å². The van der Waals surface area contributed by atoms with E-state index in [1.807, 2.05) is 6.92 Å². The van der Waals surface area contributed by atoms with E-state index in [1.165, 1.54) is 0 Å². The lowest BCUT2D eigenvalue weighted by Crippen LogP contribution is -2.31. The van der Waals surface area contributed by atoms with E-state index in [0.29, 0.717) is 19.5 Å². The minimum atomic E-state index is -0.691. The largest absolute Gasteiger partial charge is 0.394 e. The third-order valence-electron chi connectivity index (χ3n) is 1.72. The van der Waals surface area contributed by atoms with Gasteiger partial charge in [0.05, 0.1) is 18.8 Å². The van der Waals surface area contributed by atoms with Crippen molar-refractivity contribution < 1.29 is 15.3 Å². The average Bonchev–Trinajstić information content (AvgIpc) is 2.11. The summed E-state index contributed by atoms with van der Waals surface area (Å²) in [5.74, 6) is 0. The lowest BCUT2D eigenvalue weighted by molar-refractivity contribution is 0.0925. The Morgan fingerprint density at radius 1 is 1.25 bits per heavy atom. The number of nitrogens with one attached hydrogen (secondary N) is 1. The van der Waals surface area contributed by atoms with E-state index < -0.39 is 6.10 Å². The van der Waals surface area contributed by atoms with Crippen LogP contribution in [0, 0.1) is 0 Å². The molecule has 0 aromatic carbocycles. The van der Waals surface area contributed by atoms with E-state index in [-0.39, 0.29) is 12.7 Å². The van der Waals surface area contributed by atoms with Gasteiger partial charge < -0.3 is 20.6 Å². The molecule has 4 N–H and O–H groups in total. The molecule has 2 atom stereocenters. The molecular weight excluding hydrogens is 158 g/mol. The van der Waals surface area contributed by atoms with E-state index in [1.54, 1.807) is 0 Å². The SMILES string of the molecule is CCC(O)CCNC[C@H](O)CO. The first-order valence-corrected chi connectivity index (χ1v) is 4.38. The van der Waals surface area contributed by atoms with Crippen LogP contribution in [0.4, 0.5) is 0 Å². The monoisotopic (exact) mass is 177 g/mol. The van der Waals surface area contributed by atoms with Gasteiger partial charge >= 0.3 is 0 Å². The van der Waals surface area contributed by atoms with E-state index in [4.69, 9.17) is 15.3 Å². The van der Waals surface area contributed by atoms with Crippen LogP contribution < -0.4 is 5.32 Å². The van der Waals surface area contributed by atoms with Gasteiger partial charge in [-0.1, -0.05) is 6.92 Å². The molecule has 0 aromatic rings. The maximum absolute atomic E-state index is 9.13. The molecule has 0 saturated heterocycles. The topological polar surface area (TPSA) is 72.7 Å². The van der Waals surface area contributed by atoms with Crippen molar-refractivity contribution >= 4 is 0 Å². The Kier molecular flexibility index (Phi) is 7.39. The Balaban J connectivity index is 3.10. The molecule has 0 saturated carbocycles. The van der Waals surface area contributed by atoms with Crippen LogP contribution in [0.5, 0.6) is 0 Å². The summed E-state index contributed by atoms with van der Waals surface area (Å²) in [6.45, 7) is 2.76. The van der Waals surface area contributed by atoms with Gasteiger partial charge in [-0.3, -0.25) is 0 Å². The van der Waals surface area contributed by atoms with Gasteiger partial charge in [0.1, 0.15) is 0 Å². The molecule has 0 aliphatic rings. The van der Waals surface area contributed by atoms with Gasteiger partial charge in [-0.05, 0) is 19.4 Å². The van der Waals surface area contributed by atoms with Gasteiger partial charge in [0, 0.05) is 6.54 Å². The highest BCUT2D eigenvalue weighted by Gasteiger charge is 2.02. The summed E-state index contributed by atoms with van der Waals surface area (Å²) >= 11 is 0. The van der Waals surface area contributed by atoms with Crippen LogP contribution >= 0.6 is 0 Å². The van der Waals surface area contributed by atoms with Crippen LogP contribution in [-0.4, -0.2) is 47.2 Å². The van der Waals surface area contributed by atoms with Crippen molar-refractivity contribution in [2.75, 3.05) is 19.7 Å². The molecule has 0 aliphatic carbocycles. The van der Waals surface area contributed by atoms with Crippen LogP contribution in [-0.2, 0) is 0 Å². The standard InChI is InChI=1S/C8H19NO3/c1-2-7(11)3-4-9-5-8(12)6-10/h7-12H,2-6H2,1H3/t7?,8-/m0/s1. The third-order valence-corrected chi connectivity index (χ3v) is 1.72. The molecule has 0 aliphatic heterocycles. The van der Waals surface area contributed by atoms with E-state index in [0.717, 1.165) is 6.42 Å². The van der Waals surface area contributed by atoms with Crippen molar-refractivity contribution in [3.05, 3.63) is 0 Å². The molecule has 1 unspecified atom stereocenters. The van der Waals surface area contributed by atoms with E-state index in [9.17, 15) is 0 Å². The van der Waals surface area contributed by atoms with Gasteiger partial charge in [-0.15, -0.1) is 0 Å². The summed E-state index contributed by atoms with van der Waals surface area (Å²) in [5.41, 5.74) is 0. The zero-order valence-electron chi connectivity index (χ0n) is 7.53. The zero-order valence-corrected chi connectivity index (χ0v) is 7.53. The highest BCUT2D eigenvalue weighted by molar-refractivity contribution is 4.59. The van der Waals surface area contributed by atoms with Crippen molar-refractivity contribution in [1.29, 1.82) is 0 Å². The average molecular weight is 177 g/mol. The molecule has 4 nitrogen and oxygen atoms in total. The Morgan fingerprint density at radius 2 is 1.92 bits per heavy atom. The minimum Gasteiger partial charge on any atom is -0.394 e. The fourth-order valence-corrected chi connectivity index (χ4v) is 0.806. The van der Waals surface area contributed by atoms with Gasteiger partial charge in [0.25, 0.3) is 0 Å². The van der Waals surface area contributed by atoms with Crippen molar-refractivity contribution in [3.8, 4) is 0 Å². The fraction of sp³-hybridized carbons (Fsp3) is 1.00. The molecular formula is C8H19NO3. The Morgan fingerprint density at radius 3 is 2.42 bits per heavy atom. The van der Waals surface area contributed by atoms with Crippen molar-refractivity contribution in [2.45, 2.75) is 32.0 Å². The summed E-state index contributed by atoms with van der Waals surface area (Å²) in [6, 6.07) is 0. The minimum absolute atomic E-state index is 0.219. The first kappa shape index (κ1) is 11.8. The maximum Gasteiger partial charge on any atom is 0.0894 e. The van der Waals surface area contributed by atoms with Crippen molar-refractivity contribution in [1.82, 2.24) is 5.32 Å². The van der Waals surface area contributed by atoms with E-state index >= 15 is 0 Å². The van der Waals surface area contributed by atoms with Crippen LogP contribution in [0.15, 0.2) is 0 Å². The second-order valence-corrected chi connectivity index (χ2v) is 2.89. The molecule has 0 aromatic heterocycles.